The van der Waals surface area contributed by atoms with E-state index in [9.17, 15) is 12.8 Å². The first-order valence-corrected chi connectivity index (χ1v) is 8.32. The molecule has 21 heavy (non-hydrogen) atoms. The Morgan fingerprint density at radius 3 is 2.52 bits per heavy atom. The lowest BCUT2D eigenvalue weighted by molar-refractivity contribution is 0.391. The molecule has 1 aliphatic heterocycles. The highest BCUT2D eigenvalue weighted by atomic mass is 35.5. The molecule has 0 N–H and O–H groups in total. The van der Waals surface area contributed by atoms with Crippen LogP contribution in [0.2, 0.25) is 5.02 Å². The van der Waals surface area contributed by atoms with Crippen LogP contribution >= 0.6 is 11.6 Å². The highest BCUT2D eigenvalue weighted by molar-refractivity contribution is 7.89. The molecule has 0 amide bonds. The molecule has 2 aromatic carbocycles. The zero-order valence-electron chi connectivity index (χ0n) is 11.1. The van der Waals surface area contributed by atoms with E-state index in [2.05, 4.69) is 0 Å². The van der Waals surface area contributed by atoms with Crippen molar-refractivity contribution < 1.29 is 12.8 Å². The smallest absolute Gasteiger partial charge is 0.207 e. The SMILES string of the molecule is O=S(=O)(c1ccc(F)c(Cl)c1)N1CCc2ccccc2C1. The third kappa shape index (κ3) is 2.69. The van der Waals surface area contributed by atoms with Gasteiger partial charge in [0.1, 0.15) is 5.82 Å². The van der Waals surface area contributed by atoms with Gasteiger partial charge in [-0.1, -0.05) is 35.9 Å². The van der Waals surface area contributed by atoms with Gasteiger partial charge in [-0.15, -0.1) is 0 Å². The molecule has 6 heteroatoms. The maximum absolute atomic E-state index is 13.2. The van der Waals surface area contributed by atoms with Gasteiger partial charge in [-0.3, -0.25) is 0 Å². The summed E-state index contributed by atoms with van der Waals surface area (Å²) in [6.45, 7) is 0.738. The number of hydrogen-bond donors (Lipinski definition) is 0. The van der Waals surface area contributed by atoms with Crippen molar-refractivity contribution in [1.82, 2.24) is 4.31 Å². The summed E-state index contributed by atoms with van der Waals surface area (Å²) in [5, 5.41) is -0.187. The van der Waals surface area contributed by atoms with Gasteiger partial charge < -0.3 is 0 Å². The molecule has 3 rings (SSSR count). The molecule has 0 bridgehead atoms. The van der Waals surface area contributed by atoms with Crippen LogP contribution in [0, 0.1) is 5.82 Å². The Morgan fingerprint density at radius 1 is 1.10 bits per heavy atom. The van der Waals surface area contributed by atoms with Crippen molar-refractivity contribution in [3.8, 4) is 0 Å². The average Bonchev–Trinajstić information content (AvgIpc) is 2.49. The van der Waals surface area contributed by atoms with Gasteiger partial charge in [0.05, 0.1) is 9.92 Å². The fourth-order valence-electron chi connectivity index (χ4n) is 2.46. The lowest BCUT2D eigenvalue weighted by Gasteiger charge is -2.28. The monoisotopic (exact) mass is 325 g/mol. The predicted molar refractivity (Wildman–Crippen MR) is 79.2 cm³/mol. The molecule has 0 saturated carbocycles. The van der Waals surface area contributed by atoms with Crippen LogP contribution in [0.4, 0.5) is 4.39 Å². The first-order valence-electron chi connectivity index (χ1n) is 6.50. The molecule has 0 fully saturated rings. The Labute approximate surface area is 128 Å². The van der Waals surface area contributed by atoms with Gasteiger partial charge in [0.25, 0.3) is 0 Å². The number of benzene rings is 2. The molecule has 0 radical (unpaired) electrons. The second kappa shape index (κ2) is 5.40. The molecule has 3 nitrogen and oxygen atoms in total. The van der Waals surface area contributed by atoms with Crippen molar-refractivity contribution in [2.24, 2.45) is 0 Å². The number of rotatable bonds is 2. The van der Waals surface area contributed by atoms with E-state index >= 15 is 0 Å². The summed E-state index contributed by atoms with van der Waals surface area (Å²) in [5.74, 6) is -0.625. The van der Waals surface area contributed by atoms with Crippen LogP contribution in [-0.4, -0.2) is 19.3 Å². The van der Waals surface area contributed by atoms with Gasteiger partial charge in [-0.05, 0) is 35.7 Å². The van der Waals surface area contributed by atoms with E-state index < -0.39 is 15.8 Å². The zero-order valence-corrected chi connectivity index (χ0v) is 12.7. The zero-order chi connectivity index (χ0) is 15.0. The molecular weight excluding hydrogens is 313 g/mol. The summed E-state index contributed by atoms with van der Waals surface area (Å²) in [4.78, 5) is 0.0216. The van der Waals surface area contributed by atoms with Gasteiger partial charge in [-0.2, -0.15) is 4.31 Å². The number of nitrogens with zero attached hydrogens (tertiary/aromatic N) is 1. The summed E-state index contributed by atoms with van der Waals surface area (Å²) in [5.41, 5.74) is 2.17. The summed E-state index contributed by atoms with van der Waals surface area (Å²) < 4.78 is 39.8. The van der Waals surface area contributed by atoms with Crippen LogP contribution in [0.15, 0.2) is 47.4 Å². The number of sulfonamides is 1. The highest BCUT2D eigenvalue weighted by Gasteiger charge is 2.28. The lowest BCUT2D eigenvalue weighted by Crippen LogP contribution is -2.35. The maximum atomic E-state index is 13.2. The minimum atomic E-state index is -3.66. The molecule has 110 valence electrons. The Hall–Kier alpha value is -1.43. The number of fused-ring (bicyclic) bond motifs is 1. The number of hydrogen-bond acceptors (Lipinski definition) is 2. The van der Waals surface area contributed by atoms with Crippen molar-refractivity contribution in [2.45, 2.75) is 17.9 Å². The van der Waals surface area contributed by atoms with Crippen LogP contribution in [-0.2, 0) is 23.0 Å². The molecule has 0 unspecified atom stereocenters. The number of halogens is 2. The fourth-order valence-corrected chi connectivity index (χ4v) is 4.15. The minimum absolute atomic E-state index is 0.0216. The topological polar surface area (TPSA) is 37.4 Å². The Kier molecular flexibility index (Phi) is 3.73. The first-order chi connectivity index (χ1) is 9.98. The molecule has 0 aliphatic carbocycles. The predicted octanol–water partition coefficient (Wildman–Crippen LogP) is 3.23. The van der Waals surface area contributed by atoms with E-state index in [1.807, 2.05) is 24.3 Å². The fraction of sp³-hybridized carbons (Fsp3) is 0.200. The normalized spacial score (nSPS) is 15.7. The van der Waals surface area contributed by atoms with E-state index in [1.165, 1.54) is 15.9 Å². The molecule has 2 aromatic rings. The second-order valence-corrected chi connectivity index (χ2v) is 7.28. The highest BCUT2D eigenvalue weighted by Crippen LogP contribution is 2.27. The van der Waals surface area contributed by atoms with Crippen LogP contribution in [0.1, 0.15) is 11.1 Å². The molecular formula is C15H13ClFNO2S. The molecule has 0 aromatic heterocycles. The van der Waals surface area contributed by atoms with Crippen molar-refractivity contribution in [1.29, 1.82) is 0 Å². The average molecular weight is 326 g/mol. The van der Waals surface area contributed by atoms with Crippen molar-refractivity contribution in [2.75, 3.05) is 6.54 Å². The summed E-state index contributed by atoms with van der Waals surface area (Å²) in [7, 11) is -3.66. The van der Waals surface area contributed by atoms with E-state index in [4.69, 9.17) is 11.6 Å². The maximum Gasteiger partial charge on any atom is 0.243 e. The van der Waals surface area contributed by atoms with Crippen molar-refractivity contribution in [3.05, 3.63) is 64.4 Å². The van der Waals surface area contributed by atoms with Crippen molar-refractivity contribution >= 4 is 21.6 Å². The third-order valence-corrected chi connectivity index (χ3v) is 5.76. The minimum Gasteiger partial charge on any atom is -0.207 e. The standard InChI is InChI=1S/C15H13ClFNO2S/c16-14-9-13(5-6-15(14)17)21(19,20)18-8-7-11-3-1-2-4-12(11)10-18/h1-6,9H,7-8,10H2. The van der Waals surface area contributed by atoms with Crippen LogP contribution in [0.5, 0.6) is 0 Å². The van der Waals surface area contributed by atoms with Crippen LogP contribution in [0.25, 0.3) is 0 Å². The Morgan fingerprint density at radius 2 is 1.81 bits per heavy atom. The molecule has 0 saturated heterocycles. The summed E-state index contributed by atoms with van der Waals surface area (Å²) >= 11 is 5.68. The van der Waals surface area contributed by atoms with E-state index in [0.29, 0.717) is 19.5 Å². The quantitative estimate of drug-likeness (QED) is 0.850. The molecule has 0 atom stereocenters. The third-order valence-electron chi connectivity index (χ3n) is 3.62. The van der Waals surface area contributed by atoms with Crippen LogP contribution in [0.3, 0.4) is 0 Å². The van der Waals surface area contributed by atoms with Gasteiger partial charge in [0.15, 0.2) is 0 Å². The van der Waals surface area contributed by atoms with Gasteiger partial charge in [0, 0.05) is 13.1 Å². The molecule has 1 heterocycles. The summed E-state index contributed by atoms with van der Waals surface area (Å²) in [6.07, 6.45) is 0.671. The van der Waals surface area contributed by atoms with Gasteiger partial charge in [0.2, 0.25) is 10.0 Å². The lowest BCUT2D eigenvalue weighted by atomic mass is 10.0. The summed E-state index contributed by atoms with van der Waals surface area (Å²) in [6, 6.07) is 11.3. The second-order valence-electron chi connectivity index (χ2n) is 4.93. The van der Waals surface area contributed by atoms with E-state index in [0.717, 1.165) is 17.7 Å². The van der Waals surface area contributed by atoms with E-state index in [1.54, 1.807) is 0 Å². The molecule has 0 spiro atoms. The van der Waals surface area contributed by atoms with Gasteiger partial charge >= 0.3 is 0 Å². The van der Waals surface area contributed by atoms with Crippen LogP contribution < -0.4 is 0 Å². The largest absolute Gasteiger partial charge is 0.243 e. The van der Waals surface area contributed by atoms with Gasteiger partial charge in [-0.25, -0.2) is 12.8 Å². The molecule has 1 aliphatic rings. The Bertz CT molecular complexity index is 792. The Balaban J connectivity index is 1.95. The van der Waals surface area contributed by atoms with Crippen molar-refractivity contribution in [3.63, 3.8) is 0 Å². The first kappa shape index (κ1) is 14.5. The van der Waals surface area contributed by atoms with E-state index in [-0.39, 0.29) is 9.92 Å².